The summed E-state index contributed by atoms with van der Waals surface area (Å²) < 4.78 is 94.4. The summed E-state index contributed by atoms with van der Waals surface area (Å²) >= 11 is 0. The van der Waals surface area contributed by atoms with Gasteiger partial charge in [-0.3, -0.25) is 4.79 Å². The highest BCUT2D eigenvalue weighted by molar-refractivity contribution is 7.92. The van der Waals surface area contributed by atoms with Crippen LogP contribution in [0.25, 0.3) is 11.1 Å². The number of benzene rings is 4. The number of rotatable bonds is 10. The highest BCUT2D eigenvalue weighted by Gasteiger charge is 2.32. The number of halogens is 3. The van der Waals surface area contributed by atoms with Crippen molar-refractivity contribution >= 4 is 25.8 Å². The van der Waals surface area contributed by atoms with E-state index in [1.165, 1.54) is 30.3 Å². The first-order valence-corrected chi connectivity index (χ1v) is 16.4. The molecule has 0 fully saturated rings. The summed E-state index contributed by atoms with van der Waals surface area (Å²) in [6.07, 6.45) is -4.59. The van der Waals surface area contributed by atoms with Crippen LogP contribution in [-0.2, 0) is 43.9 Å². The van der Waals surface area contributed by atoms with Gasteiger partial charge in [0.25, 0.3) is 0 Å². The second kappa shape index (κ2) is 12.5. The second-order valence-electron chi connectivity index (χ2n) is 10.6. The molecule has 0 bridgehead atoms. The molecule has 7 nitrogen and oxygen atoms in total. The molecule has 0 unspecified atom stereocenters. The summed E-state index contributed by atoms with van der Waals surface area (Å²) in [6.45, 7) is 4.72. The molecule has 0 aromatic heterocycles. The molecule has 0 radical (unpaired) electrons. The molecule has 0 saturated heterocycles. The van der Waals surface area contributed by atoms with Crippen LogP contribution in [-0.4, -0.2) is 38.0 Å². The van der Waals surface area contributed by atoms with Crippen LogP contribution in [0.1, 0.15) is 33.4 Å². The summed E-state index contributed by atoms with van der Waals surface area (Å²) in [5, 5.41) is 8.94. The Morgan fingerprint density at radius 1 is 0.750 bits per heavy atom. The molecule has 0 spiro atoms. The Morgan fingerprint density at radius 2 is 1.34 bits per heavy atom. The van der Waals surface area contributed by atoms with Gasteiger partial charge in [0.1, 0.15) is 0 Å². The van der Waals surface area contributed by atoms with E-state index in [9.17, 15) is 34.8 Å². The average molecular weight is 646 g/mol. The lowest BCUT2D eigenvalue weighted by molar-refractivity contribution is -0.137. The van der Waals surface area contributed by atoms with E-state index in [4.69, 9.17) is 5.11 Å². The minimum absolute atomic E-state index is 0.0890. The Morgan fingerprint density at radius 3 is 1.93 bits per heavy atom. The normalized spacial score (nSPS) is 12.4. The fourth-order valence-corrected chi connectivity index (χ4v) is 8.01. The fraction of sp³-hybridized carbons (Fsp3) is 0.219. The summed E-state index contributed by atoms with van der Waals surface area (Å²) in [5.41, 5.74) is 2.84. The summed E-state index contributed by atoms with van der Waals surface area (Å²) in [4.78, 5) is 10.9. The van der Waals surface area contributed by atoms with Crippen molar-refractivity contribution < 1.29 is 39.9 Å². The van der Waals surface area contributed by atoms with Crippen molar-refractivity contribution in [2.75, 3.05) is 5.75 Å². The van der Waals surface area contributed by atoms with Crippen LogP contribution in [0.4, 0.5) is 13.2 Å². The maximum absolute atomic E-state index is 14.1. The van der Waals surface area contributed by atoms with Gasteiger partial charge in [0, 0.05) is 13.1 Å². The van der Waals surface area contributed by atoms with Crippen molar-refractivity contribution in [2.24, 2.45) is 0 Å². The Bertz CT molecular complexity index is 1900. The third kappa shape index (κ3) is 7.55. The number of alkyl halides is 3. The maximum atomic E-state index is 14.1. The molecule has 0 heterocycles. The van der Waals surface area contributed by atoms with Crippen LogP contribution in [0, 0.1) is 20.8 Å². The lowest BCUT2D eigenvalue weighted by atomic mass is 10.0. The van der Waals surface area contributed by atoms with Gasteiger partial charge in [-0.05, 0) is 72.4 Å². The van der Waals surface area contributed by atoms with Crippen molar-refractivity contribution in [3.05, 3.63) is 118 Å². The smallest absolute Gasteiger partial charge is 0.416 e. The number of carboxylic acid groups (broad SMARTS) is 1. The lowest BCUT2D eigenvalue weighted by Crippen LogP contribution is -2.31. The molecular weight excluding hydrogens is 615 g/mol. The number of aliphatic carboxylic acids is 1. The Kier molecular flexibility index (Phi) is 9.38. The number of hydrogen-bond acceptors (Lipinski definition) is 5. The molecule has 4 aromatic carbocycles. The number of carboxylic acids is 1. The van der Waals surface area contributed by atoms with Gasteiger partial charge >= 0.3 is 12.1 Å². The molecular formula is C32H30F3NO6S2. The van der Waals surface area contributed by atoms with Crippen LogP contribution < -0.4 is 0 Å². The molecule has 0 aliphatic heterocycles. The van der Waals surface area contributed by atoms with Crippen molar-refractivity contribution in [1.82, 2.24) is 4.31 Å². The van der Waals surface area contributed by atoms with Crippen molar-refractivity contribution in [1.29, 1.82) is 0 Å². The molecule has 0 atom stereocenters. The molecule has 1 N–H and O–H groups in total. The average Bonchev–Trinajstić information content (AvgIpc) is 2.91. The largest absolute Gasteiger partial charge is 0.480 e. The second-order valence-corrected chi connectivity index (χ2v) is 14.4. The Balaban J connectivity index is 1.71. The number of hydrogen-bond donors (Lipinski definition) is 1. The minimum atomic E-state index is -4.59. The van der Waals surface area contributed by atoms with Gasteiger partial charge in [-0.2, -0.15) is 17.5 Å². The first-order valence-electron chi connectivity index (χ1n) is 13.4. The quantitative estimate of drug-likeness (QED) is 0.210. The fourth-order valence-electron chi connectivity index (χ4n) is 5.10. The summed E-state index contributed by atoms with van der Waals surface area (Å²) in [6, 6.07) is 20.5. The van der Waals surface area contributed by atoms with Crippen molar-refractivity contribution in [2.45, 2.75) is 49.8 Å². The topological polar surface area (TPSA) is 109 Å². The number of nitrogens with zero attached hydrogens (tertiary/aromatic N) is 1. The zero-order valence-corrected chi connectivity index (χ0v) is 25.7. The first-order chi connectivity index (χ1) is 20.5. The maximum Gasteiger partial charge on any atom is 0.416 e. The SMILES string of the molecule is Cc1cc(C)c(S(=O)(=O)N(Cc2ccc(-c3cccc(S(=O)(=O)CC(=O)O)c3)cc2)Cc2cccc(C(F)(F)F)c2)c(C)c1. The van der Waals surface area contributed by atoms with Crippen molar-refractivity contribution in [3.8, 4) is 11.1 Å². The zero-order chi connectivity index (χ0) is 32.4. The molecule has 0 aliphatic carbocycles. The van der Waals surface area contributed by atoms with E-state index < -0.39 is 43.3 Å². The molecule has 0 amide bonds. The minimum Gasteiger partial charge on any atom is -0.480 e. The van der Waals surface area contributed by atoms with Crippen LogP contribution in [0.5, 0.6) is 0 Å². The number of sulfone groups is 1. The van der Waals surface area contributed by atoms with Crippen LogP contribution in [0.2, 0.25) is 0 Å². The van der Waals surface area contributed by atoms with Gasteiger partial charge in [-0.15, -0.1) is 0 Å². The standard InChI is InChI=1S/C32H30F3NO6S2/c1-21-14-22(2)31(23(3)15-21)44(41,42)36(19-25-6-4-8-28(16-25)32(33,34)35)18-24-10-12-26(13-11-24)27-7-5-9-29(17-27)43(39,40)20-30(37)38/h4-17H,18-20H2,1-3H3,(H,37,38). The molecule has 232 valence electrons. The van der Waals surface area contributed by atoms with E-state index in [2.05, 4.69) is 0 Å². The Hall–Kier alpha value is -4.00. The summed E-state index contributed by atoms with van der Waals surface area (Å²) in [7, 11) is -8.23. The van der Waals surface area contributed by atoms with E-state index in [0.29, 0.717) is 27.8 Å². The highest BCUT2D eigenvalue weighted by Crippen LogP contribution is 2.32. The molecule has 4 rings (SSSR count). The molecule has 0 saturated carbocycles. The van der Waals surface area contributed by atoms with Gasteiger partial charge in [0.05, 0.1) is 15.4 Å². The monoisotopic (exact) mass is 645 g/mol. The van der Waals surface area contributed by atoms with Crippen LogP contribution in [0.3, 0.4) is 0 Å². The lowest BCUT2D eigenvalue weighted by Gasteiger charge is -2.25. The zero-order valence-electron chi connectivity index (χ0n) is 24.1. The van der Waals surface area contributed by atoms with E-state index in [0.717, 1.165) is 22.0 Å². The van der Waals surface area contributed by atoms with Gasteiger partial charge in [-0.25, -0.2) is 16.8 Å². The number of aryl methyl sites for hydroxylation is 3. The van der Waals surface area contributed by atoms with E-state index >= 15 is 0 Å². The van der Waals surface area contributed by atoms with E-state index in [1.807, 2.05) is 6.92 Å². The van der Waals surface area contributed by atoms with E-state index in [1.54, 1.807) is 56.3 Å². The third-order valence-electron chi connectivity index (χ3n) is 6.97. The molecule has 4 aromatic rings. The molecule has 0 aliphatic rings. The van der Waals surface area contributed by atoms with Gasteiger partial charge in [0.2, 0.25) is 10.0 Å². The molecule has 44 heavy (non-hydrogen) atoms. The number of carbonyl (C=O) groups is 1. The molecule has 12 heteroatoms. The third-order valence-corrected chi connectivity index (χ3v) is 10.7. The van der Waals surface area contributed by atoms with Gasteiger partial charge in [0.15, 0.2) is 15.6 Å². The van der Waals surface area contributed by atoms with Crippen molar-refractivity contribution in [3.63, 3.8) is 0 Å². The van der Waals surface area contributed by atoms with Gasteiger partial charge < -0.3 is 5.11 Å². The predicted molar refractivity (Wildman–Crippen MR) is 160 cm³/mol. The van der Waals surface area contributed by atoms with Gasteiger partial charge in [-0.1, -0.05) is 72.3 Å². The van der Waals surface area contributed by atoms with Crippen LogP contribution in [0.15, 0.2) is 94.7 Å². The van der Waals surface area contributed by atoms with Crippen LogP contribution >= 0.6 is 0 Å². The highest BCUT2D eigenvalue weighted by atomic mass is 32.2. The predicted octanol–water partition coefficient (Wildman–Crippen LogP) is 6.55. The Labute approximate surface area is 254 Å². The van der Waals surface area contributed by atoms with E-state index in [-0.39, 0.29) is 28.4 Å². The first kappa shape index (κ1) is 32.9. The summed E-state index contributed by atoms with van der Waals surface area (Å²) in [5.74, 6) is -2.52. The number of sulfonamides is 1.